The second-order valence-corrected chi connectivity index (χ2v) is 4.86. The van der Waals surface area contributed by atoms with Gasteiger partial charge in [0.25, 0.3) is 5.56 Å². The van der Waals surface area contributed by atoms with Crippen molar-refractivity contribution in [2.24, 2.45) is 0 Å². The highest BCUT2D eigenvalue weighted by molar-refractivity contribution is 6.33. The van der Waals surface area contributed by atoms with Gasteiger partial charge in [0.05, 0.1) is 23.0 Å². The molecule has 1 fully saturated rings. The van der Waals surface area contributed by atoms with Crippen molar-refractivity contribution in [3.05, 3.63) is 34.0 Å². The van der Waals surface area contributed by atoms with Crippen LogP contribution in [-0.2, 0) is 4.74 Å². The van der Waals surface area contributed by atoms with Crippen molar-refractivity contribution < 1.29 is 4.74 Å². The summed E-state index contributed by atoms with van der Waals surface area (Å²) in [7, 11) is 0. The molecule has 1 saturated heterocycles. The van der Waals surface area contributed by atoms with Crippen LogP contribution in [0.25, 0.3) is 11.1 Å². The number of H-pyrrole nitrogens is 1. The van der Waals surface area contributed by atoms with Gasteiger partial charge in [0.1, 0.15) is 6.23 Å². The van der Waals surface area contributed by atoms with Crippen molar-refractivity contribution >= 4 is 11.6 Å². The summed E-state index contributed by atoms with van der Waals surface area (Å²) in [6.07, 6.45) is 7.90. The molecule has 0 aromatic carbocycles. The Labute approximate surface area is 114 Å². The summed E-state index contributed by atoms with van der Waals surface area (Å²) < 4.78 is 7.38. The van der Waals surface area contributed by atoms with Crippen LogP contribution in [-0.4, -0.2) is 26.6 Å². The molecule has 19 heavy (non-hydrogen) atoms. The Bertz CT molecular complexity index is 631. The van der Waals surface area contributed by atoms with E-state index in [-0.39, 0.29) is 11.8 Å². The average Bonchev–Trinajstić information content (AvgIpc) is 2.89. The van der Waals surface area contributed by atoms with E-state index in [1.54, 1.807) is 17.1 Å². The minimum Gasteiger partial charge on any atom is -0.357 e. The van der Waals surface area contributed by atoms with Crippen molar-refractivity contribution in [1.82, 2.24) is 20.0 Å². The molecule has 1 unspecified atom stereocenters. The number of hydrogen-bond acceptors (Lipinski definition) is 4. The zero-order valence-electron chi connectivity index (χ0n) is 10.2. The third-order valence-electron chi connectivity index (χ3n) is 3.15. The Hall–Kier alpha value is -1.66. The Balaban J connectivity index is 1.94. The van der Waals surface area contributed by atoms with E-state index in [0.29, 0.717) is 16.1 Å². The van der Waals surface area contributed by atoms with Crippen LogP contribution in [0.1, 0.15) is 25.5 Å². The van der Waals surface area contributed by atoms with Gasteiger partial charge in [-0.1, -0.05) is 11.6 Å². The monoisotopic (exact) mass is 280 g/mol. The summed E-state index contributed by atoms with van der Waals surface area (Å²) in [5.74, 6) is 0. The van der Waals surface area contributed by atoms with Gasteiger partial charge in [-0.3, -0.25) is 4.79 Å². The van der Waals surface area contributed by atoms with Gasteiger partial charge in [-0.15, -0.1) is 0 Å². The maximum Gasteiger partial charge on any atom is 0.273 e. The second-order valence-electron chi connectivity index (χ2n) is 4.45. The first-order valence-corrected chi connectivity index (χ1v) is 6.53. The Morgan fingerprint density at radius 3 is 3.05 bits per heavy atom. The fourth-order valence-corrected chi connectivity index (χ4v) is 2.45. The molecule has 0 bridgehead atoms. The van der Waals surface area contributed by atoms with Crippen LogP contribution in [0, 0.1) is 0 Å². The molecule has 0 radical (unpaired) electrons. The third-order valence-corrected chi connectivity index (χ3v) is 3.44. The second kappa shape index (κ2) is 5.14. The van der Waals surface area contributed by atoms with Crippen LogP contribution in [0.5, 0.6) is 0 Å². The molecule has 2 aromatic heterocycles. The number of nitrogens with zero attached hydrogens (tertiary/aromatic N) is 3. The average molecular weight is 281 g/mol. The molecule has 1 aliphatic rings. The van der Waals surface area contributed by atoms with Crippen LogP contribution in [0.15, 0.2) is 23.4 Å². The largest absolute Gasteiger partial charge is 0.357 e. The number of rotatable bonds is 2. The topological polar surface area (TPSA) is 72.8 Å². The fourth-order valence-electron chi connectivity index (χ4n) is 2.20. The van der Waals surface area contributed by atoms with Gasteiger partial charge >= 0.3 is 0 Å². The standard InChI is InChI=1S/C12H13ClN4O2/c13-9-6-14-16-12(18)11(9)8-5-15-17(7-8)10-3-1-2-4-19-10/h5-7,10H,1-4H2,(H,16,18). The van der Waals surface area contributed by atoms with Crippen LogP contribution in [0.4, 0.5) is 0 Å². The normalized spacial score (nSPS) is 19.5. The van der Waals surface area contributed by atoms with Gasteiger partial charge in [0.2, 0.25) is 0 Å². The van der Waals surface area contributed by atoms with E-state index >= 15 is 0 Å². The summed E-state index contributed by atoms with van der Waals surface area (Å²) in [6.45, 7) is 0.746. The number of aromatic amines is 1. The molecule has 100 valence electrons. The molecule has 7 heteroatoms. The fraction of sp³-hybridized carbons (Fsp3) is 0.417. The maximum atomic E-state index is 11.8. The third kappa shape index (κ3) is 2.41. The lowest BCUT2D eigenvalue weighted by molar-refractivity contribution is -0.0394. The molecule has 2 aromatic rings. The van der Waals surface area contributed by atoms with E-state index in [1.165, 1.54) is 6.20 Å². The highest BCUT2D eigenvalue weighted by atomic mass is 35.5. The molecule has 3 heterocycles. The van der Waals surface area contributed by atoms with Gasteiger partial charge in [-0.05, 0) is 19.3 Å². The number of ether oxygens (including phenoxy) is 1. The minimum absolute atomic E-state index is 0.0535. The van der Waals surface area contributed by atoms with Gasteiger partial charge in [0.15, 0.2) is 0 Å². The summed E-state index contributed by atoms with van der Waals surface area (Å²) >= 11 is 6.01. The van der Waals surface area contributed by atoms with Gasteiger partial charge in [-0.25, -0.2) is 9.78 Å². The predicted octanol–water partition coefficient (Wildman–Crippen LogP) is 1.99. The van der Waals surface area contributed by atoms with Crippen LogP contribution < -0.4 is 5.56 Å². The number of halogens is 1. The van der Waals surface area contributed by atoms with E-state index in [1.807, 2.05) is 0 Å². The zero-order valence-corrected chi connectivity index (χ0v) is 10.9. The van der Waals surface area contributed by atoms with E-state index in [0.717, 1.165) is 25.9 Å². The Kier molecular flexibility index (Phi) is 3.35. The molecular weight excluding hydrogens is 268 g/mol. The van der Waals surface area contributed by atoms with E-state index in [4.69, 9.17) is 16.3 Å². The van der Waals surface area contributed by atoms with Gasteiger partial charge in [0, 0.05) is 18.4 Å². The molecule has 6 nitrogen and oxygen atoms in total. The van der Waals surface area contributed by atoms with E-state index < -0.39 is 0 Å². The SMILES string of the molecule is O=c1[nH]ncc(Cl)c1-c1cnn(C2CCCCO2)c1. The molecule has 3 rings (SSSR count). The molecule has 0 aliphatic carbocycles. The Morgan fingerprint density at radius 2 is 2.32 bits per heavy atom. The summed E-state index contributed by atoms with van der Waals surface area (Å²) in [5, 5.41) is 10.6. The molecule has 0 saturated carbocycles. The van der Waals surface area contributed by atoms with Crippen molar-refractivity contribution in [2.75, 3.05) is 6.61 Å². The van der Waals surface area contributed by atoms with Crippen LogP contribution in [0.3, 0.4) is 0 Å². The first-order chi connectivity index (χ1) is 9.25. The zero-order chi connectivity index (χ0) is 13.2. The van der Waals surface area contributed by atoms with Crippen molar-refractivity contribution in [2.45, 2.75) is 25.5 Å². The maximum absolute atomic E-state index is 11.8. The number of hydrogen-bond donors (Lipinski definition) is 1. The lowest BCUT2D eigenvalue weighted by Gasteiger charge is -2.22. The summed E-state index contributed by atoms with van der Waals surface area (Å²) in [6, 6.07) is 0. The van der Waals surface area contributed by atoms with Crippen molar-refractivity contribution in [3.63, 3.8) is 0 Å². The predicted molar refractivity (Wildman–Crippen MR) is 69.9 cm³/mol. The number of nitrogens with one attached hydrogen (secondary N) is 1. The number of aromatic nitrogens is 4. The molecule has 0 amide bonds. The van der Waals surface area contributed by atoms with E-state index in [2.05, 4.69) is 15.3 Å². The molecule has 1 N–H and O–H groups in total. The lowest BCUT2D eigenvalue weighted by atomic mass is 10.1. The highest BCUT2D eigenvalue weighted by Gasteiger charge is 2.18. The lowest BCUT2D eigenvalue weighted by Crippen LogP contribution is -2.18. The first kappa shape index (κ1) is 12.4. The van der Waals surface area contributed by atoms with Crippen molar-refractivity contribution in [1.29, 1.82) is 0 Å². The smallest absolute Gasteiger partial charge is 0.273 e. The van der Waals surface area contributed by atoms with Crippen molar-refractivity contribution in [3.8, 4) is 11.1 Å². The quantitative estimate of drug-likeness (QED) is 0.913. The molecule has 1 aliphatic heterocycles. The molecule has 0 spiro atoms. The van der Waals surface area contributed by atoms with Crippen LogP contribution >= 0.6 is 11.6 Å². The first-order valence-electron chi connectivity index (χ1n) is 6.15. The minimum atomic E-state index is -0.323. The van der Waals surface area contributed by atoms with Crippen LogP contribution in [0.2, 0.25) is 5.02 Å². The van der Waals surface area contributed by atoms with E-state index in [9.17, 15) is 4.79 Å². The summed E-state index contributed by atoms with van der Waals surface area (Å²) in [5.41, 5.74) is 0.734. The van der Waals surface area contributed by atoms with Gasteiger partial charge in [-0.2, -0.15) is 10.2 Å². The highest BCUT2D eigenvalue weighted by Crippen LogP contribution is 2.26. The molecular formula is C12H13ClN4O2. The Morgan fingerprint density at radius 1 is 1.42 bits per heavy atom. The molecule has 1 atom stereocenters. The summed E-state index contributed by atoms with van der Waals surface area (Å²) in [4.78, 5) is 11.8. The van der Waals surface area contributed by atoms with Gasteiger partial charge < -0.3 is 4.74 Å².